The molecule has 0 amide bonds. The summed E-state index contributed by atoms with van der Waals surface area (Å²) in [5, 5.41) is 38.5. The molecule has 1 saturated heterocycles. The van der Waals surface area contributed by atoms with Crippen molar-refractivity contribution in [3.8, 4) is 17.0 Å². The van der Waals surface area contributed by atoms with Crippen LogP contribution in [-0.2, 0) is 16.1 Å². The topological polar surface area (TPSA) is 123 Å². The molecule has 2 aromatic carbocycles. The third-order valence-electron chi connectivity index (χ3n) is 6.37. The molecule has 0 bridgehead atoms. The summed E-state index contributed by atoms with van der Waals surface area (Å²) in [5.41, 5.74) is -1.19. The van der Waals surface area contributed by atoms with Crippen LogP contribution in [0, 0.1) is 29.1 Å². The maximum Gasteiger partial charge on any atom is 0.194 e. The highest BCUT2D eigenvalue weighted by molar-refractivity contribution is 9.10. The lowest BCUT2D eigenvalue weighted by Gasteiger charge is -2.43. The predicted molar refractivity (Wildman–Crippen MR) is 141 cm³/mol. The number of phenolic OH excluding ortho intramolecular Hbond substituents is 1. The number of aromatic hydroxyl groups is 1. The van der Waals surface area contributed by atoms with E-state index in [9.17, 15) is 37.3 Å². The average molecular weight is 675 g/mol. The molecule has 9 nitrogen and oxygen atoms in total. The van der Waals surface area contributed by atoms with Gasteiger partial charge in [-0.15, -0.1) is 5.10 Å². The lowest BCUT2D eigenvalue weighted by Crippen LogP contribution is -2.55. The maximum atomic E-state index is 14.0. The highest BCUT2D eigenvalue weighted by Gasteiger charge is 2.48. The molecule has 2 aromatic heterocycles. The van der Waals surface area contributed by atoms with E-state index in [1.807, 2.05) is 0 Å². The molecule has 0 aliphatic carbocycles. The summed E-state index contributed by atoms with van der Waals surface area (Å²) in [6.45, 7) is -1.04. The van der Waals surface area contributed by atoms with Crippen LogP contribution in [0.1, 0.15) is 11.6 Å². The summed E-state index contributed by atoms with van der Waals surface area (Å²) in [4.78, 5) is 4.69. The smallest absolute Gasteiger partial charge is 0.194 e. The summed E-state index contributed by atoms with van der Waals surface area (Å²) in [6.07, 6.45) is 0.516. The fourth-order valence-corrected chi connectivity index (χ4v) is 6.05. The number of aliphatic hydroxyl groups excluding tert-OH is 2. The van der Waals surface area contributed by atoms with Crippen LogP contribution >= 0.6 is 27.7 Å². The fourth-order valence-electron chi connectivity index (χ4n) is 4.38. The molecule has 0 saturated carbocycles. The molecule has 222 valence electrons. The Morgan fingerprint density at radius 3 is 2.33 bits per heavy atom. The normalized spacial score (nSPS) is 22.4. The second-order valence-corrected chi connectivity index (χ2v) is 11.3. The van der Waals surface area contributed by atoms with E-state index in [0.717, 1.165) is 40.7 Å². The third-order valence-corrected chi connectivity index (χ3v) is 7.91. The van der Waals surface area contributed by atoms with Gasteiger partial charge in [0.2, 0.25) is 0 Å². The number of hydrogen-bond donors (Lipinski definition) is 3. The van der Waals surface area contributed by atoms with Crippen LogP contribution < -0.4 is 0 Å². The van der Waals surface area contributed by atoms with Crippen LogP contribution in [0.15, 0.2) is 58.3 Å². The van der Waals surface area contributed by atoms with E-state index < -0.39 is 77.8 Å². The molecule has 16 heteroatoms. The molecule has 3 heterocycles. The van der Waals surface area contributed by atoms with Gasteiger partial charge in [-0.3, -0.25) is 4.98 Å². The summed E-state index contributed by atoms with van der Waals surface area (Å²) < 4.78 is 83.0. The van der Waals surface area contributed by atoms with Gasteiger partial charge in [-0.1, -0.05) is 17.0 Å². The van der Waals surface area contributed by atoms with Gasteiger partial charge in [0.15, 0.2) is 34.8 Å². The summed E-state index contributed by atoms with van der Waals surface area (Å²) >= 11 is 4.43. The average Bonchev–Trinajstić information content (AvgIpc) is 3.44. The van der Waals surface area contributed by atoms with E-state index >= 15 is 0 Å². The Bertz CT molecular complexity index is 1550. The number of nitrogens with zero attached hydrogens (tertiary/aromatic N) is 4. The van der Waals surface area contributed by atoms with Crippen LogP contribution in [0.4, 0.5) is 22.0 Å². The summed E-state index contributed by atoms with van der Waals surface area (Å²) in [5.74, 6) is -8.13. The lowest BCUT2D eigenvalue weighted by atomic mass is 9.97. The largest absolute Gasteiger partial charge is 0.503 e. The van der Waals surface area contributed by atoms with Crippen molar-refractivity contribution < 1.29 is 46.7 Å². The van der Waals surface area contributed by atoms with Gasteiger partial charge in [0, 0.05) is 27.3 Å². The van der Waals surface area contributed by atoms with Gasteiger partial charge in [-0.25, -0.2) is 26.6 Å². The summed E-state index contributed by atoms with van der Waals surface area (Å²) in [6, 6.07) is 3.75. The standard InChI is InChI=1S/C26H20BrF5N4O5S/c27-13-5-14(7-33-6-13)42-26-25(40-10-11-1-17(30)23(38)18(31)2-11)22(24(39)20(9-37)41-26)36-8-19(34-35-36)12-3-15(28)21(32)16(29)4-12/h1-8,20,22,24-26,37-39H,9-10H2/t20-,22+,24+,25-,26-/m1/s1. The molecule has 42 heavy (non-hydrogen) atoms. The minimum absolute atomic E-state index is 0.00438. The number of aromatic nitrogens is 4. The molecule has 5 rings (SSSR count). The first-order chi connectivity index (χ1) is 20.0. The number of ether oxygens (including phenoxy) is 2. The number of aliphatic hydroxyl groups is 2. The molecule has 0 unspecified atom stereocenters. The quantitative estimate of drug-likeness (QED) is 0.183. The first-order valence-corrected chi connectivity index (χ1v) is 13.8. The van der Waals surface area contributed by atoms with Gasteiger partial charge in [0.05, 0.1) is 19.4 Å². The number of pyridine rings is 1. The molecular formula is C26H20BrF5N4O5S. The van der Waals surface area contributed by atoms with Gasteiger partial charge in [0.25, 0.3) is 0 Å². The Morgan fingerprint density at radius 1 is 1.00 bits per heavy atom. The van der Waals surface area contributed by atoms with Crippen molar-refractivity contribution >= 4 is 27.7 Å². The van der Waals surface area contributed by atoms with Crippen molar-refractivity contribution in [2.24, 2.45) is 0 Å². The van der Waals surface area contributed by atoms with Crippen LogP contribution in [0.25, 0.3) is 11.3 Å². The first kappa shape index (κ1) is 30.3. The Labute approximate surface area is 247 Å². The number of thioether (sulfide) groups is 1. The minimum atomic E-state index is -1.66. The molecule has 5 atom stereocenters. The molecule has 1 aliphatic heterocycles. The Balaban J connectivity index is 1.53. The number of halogens is 6. The van der Waals surface area contributed by atoms with E-state index in [2.05, 4.69) is 31.2 Å². The predicted octanol–water partition coefficient (Wildman–Crippen LogP) is 4.50. The van der Waals surface area contributed by atoms with E-state index in [4.69, 9.17) is 9.47 Å². The number of benzene rings is 2. The zero-order valence-electron chi connectivity index (χ0n) is 21.0. The zero-order valence-corrected chi connectivity index (χ0v) is 23.4. The van der Waals surface area contributed by atoms with Crippen LogP contribution in [-0.4, -0.2) is 65.7 Å². The van der Waals surface area contributed by atoms with Crippen molar-refractivity contribution in [3.63, 3.8) is 0 Å². The van der Waals surface area contributed by atoms with Crippen LogP contribution in [0.2, 0.25) is 0 Å². The SMILES string of the molecule is OC[C@H]1O[C@H](Sc2cncc(Br)c2)[C@H](OCc2cc(F)c(O)c(F)c2)[C@@H](n2cc(-c3cc(F)c(F)c(F)c3)nn2)[C@H]1O. The summed E-state index contributed by atoms with van der Waals surface area (Å²) in [7, 11) is 0. The van der Waals surface area contributed by atoms with Crippen molar-refractivity contribution in [2.45, 2.75) is 41.3 Å². The first-order valence-electron chi connectivity index (χ1n) is 12.1. The van der Waals surface area contributed by atoms with Gasteiger partial charge < -0.3 is 24.8 Å². The molecule has 1 fully saturated rings. The van der Waals surface area contributed by atoms with E-state index in [1.54, 1.807) is 12.3 Å². The Kier molecular flexibility index (Phi) is 9.10. The third kappa shape index (κ3) is 6.28. The number of rotatable bonds is 8. The molecule has 1 aliphatic rings. The van der Waals surface area contributed by atoms with Gasteiger partial charge in [0.1, 0.15) is 35.5 Å². The molecule has 0 radical (unpaired) electrons. The van der Waals surface area contributed by atoms with E-state index in [-0.39, 0.29) is 16.8 Å². The zero-order chi connectivity index (χ0) is 30.1. The second-order valence-electron chi connectivity index (χ2n) is 9.18. The maximum absolute atomic E-state index is 14.0. The van der Waals surface area contributed by atoms with E-state index in [0.29, 0.717) is 9.37 Å². The van der Waals surface area contributed by atoms with Crippen LogP contribution in [0.3, 0.4) is 0 Å². The molecule has 0 spiro atoms. The fraction of sp³-hybridized carbons (Fsp3) is 0.269. The Morgan fingerprint density at radius 2 is 1.69 bits per heavy atom. The van der Waals surface area contributed by atoms with Crippen LogP contribution in [0.5, 0.6) is 5.75 Å². The highest BCUT2D eigenvalue weighted by Crippen LogP contribution is 2.41. The minimum Gasteiger partial charge on any atom is -0.503 e. The monoisotopic (exact) mass is 674 g/mol. The van der Waals surface area contributed by atoms with E-state index in [1.165, 1.54) is 12.4 Å². The highest BCUT2D eigenvalue weighted by atomic mass is 79.9. The molecular weight excluding hydrogens is 655 g/mol. The van der Waals surface area contributed by atoms with Gasteiger partial charge in [-0.05, 0) is 51.8 Å². The van der Waals surface area contributed by atoms with Crippen molar-refractivity contribution in [1.29, 1.82) is 0 Å². The van der Waals surface area contributed by atoms with Crippen molar-refractivity contribution in [2.75, 3.05) is 6.61 Å². The lowest BCUT2D eigenvalue weighted by molar-refractivity contribution is -0.196. The van der Waals surface area contributed by atoms with Gasteiger partial charge >= 0.3 is 0 Å². The second kappa shape index (κ2) is 12.6. The number of phenols is 1. The Hall–Kier alpha value is -3.15. The van der Waals surface area contributed by atoms with Crippen molar-refractivity contribution in [3.05, 3.63) is 88.0 Å². The van der Waals surface area contributed by atoms with Gasteiger partial charge in [-0.2, -0.15) is 0 Å². The van der Waals surface area contributed by atoms with Crippen molar-refractivity contribution in [1.82, 2.24) is 20.0 Å². The molecule has 4 aromatic rings. The molecule has 3 N–H and O–H groups in total. The number of hydrogen-bond acceptors (Lipinski definition) is 9.